The number of benzene rings is 1. The molecule has 0 aliphatic rings. The van der Waals surface area contributed by atoms with Gasteiger partial charge in [0.1, 0.15) is 0 Å². The van der Waals surface area contributed by atoms with Gasteiger partial charge in [-0.3, -0.25) is 0 Å². The summed E-state index contributed by atoms with van der Waals surface area (Å²) >= 11 is 0. The number of rotatable bonds is 6. The smallest absolute Gasteiger partial charge is 0.335 e. The lowest BCUT2D eigenvalue weighted by Gasteiger charge is -2.19. The summed E-state index contributed by atoms with van der Waals surface area (Å²) in [6, 6.07) is 4.15. The predicted octanol–water partition coefficient (Wildman–Crippen LogP) is 0.875. The van der Waals surface area contributed by atoms with Crippen LogP contribution < -0.4 is 0 Å². The van der Waals surface area contributed by atoms with Gasteiger partial charge < -0.3 is 10.0 Å². The molecule has 0 unspecified atom stereocenters. The first-order chi connectivity index (χ1) is 9.16. The Labute approximate surface area is 119 Å². The van der Waals surface area contributed by atoms with Crippen LogP contribution in [-0.4, -0.2) is 62.9 Å². The number of nitrogens with zero attached hydrogens (tertiary/aromatic N) is 2. The monoisotopic (exact) mass is 300 g/mol. The van der Waals surface area contributed by atoms with Crippen LogP contribution in [0.3, 0.4) is 0 Å². The topological polar surface area (TPSA) is 77.9 Å². The van der Waals surface area contributed by atoms with E-state index in [0.717, 1.165) is 0 Å². The van der Waals surface area contributed by atoms with Crippen LogP contribution in [0.2, 0.25) is 0 Å². The molecule has 0 amide bonds. The van der Waals surface area contributed by atoms with Crippen molar-refractivity contribution >= 4 is 16.0 Å². The van der Waals surface area contributed by atoms with E-state index in [2.05, 4.69) is 0 Å². The lowest BCUT2D eigenvalue weighted by Crippen LogP contribution is -2.33. The van der Waals surface area contributed by atoms with Crippen molar-refractivity contribution in [3.05, 3.63) is 29.3 Å². The van der Waals surface area contributed by atoms with Gasteiger partial charge in [-0.1, -0.05) is 6.07 Å². The minimum absolute atomic E-state index is 0.00163. The van der Waals surface area contributed by atoms with Crippen LogP contribution in [0.4, 0.5) is 0 Å². The van der Waals surface area contributed by atoms with E-state index in [0.29, 0.717) is 18.7 Å². The first kappa shape index (κ1) is 16.6. The number of carbonyl (C=O) groups is 1. The van der Waals surface area contributed by atoms with Gasteiger partial charge >= 0.3 is 5.97 Å². The van der Waals surface area contributed by atoms with E-state index in [1.54, 1.807) is 6.92 Å². The second-order valence-electron chi connectivity index (χ2n) is 4.91. The van der Waals surface area contributed by atoms with Crippen molar-refractivity contribution < 1.29 is 18.3 Å². The standard InChI is InChI=1S/C13H20N2O4S/c1-10-5-6-11(9-12(10)13(16)17)20(18,19)15(4)8-7-14(2)3/h5-6,9H,7-8H2,1-4H3,(H,16,17). The minimum atomic E-state index is -3.66. The highest BCUT2D eigenvalue weighted by Gasteiger charge is 2.22. The van der Waals surface area contributed by atoms with Crippen LogP contribution in [-0.2, 0) is 10.0 Å². The SMILES string of the molecule is Cc1ccc(S(=O)(=O)N(C)CCN(C)C)cc1C(=O)O. The van der Waals surface area contributed by atoms with Gasteiger partial charge in [-0.2, -0.15) is 4.31 Å². The van der Waals surface area contributed by atoms with Gasteiger partial charge in [-0.25, -0.2) is 13.2 Å². The number of aryl methyl sites for hydroxylation is 1. The lowest BCUT2D eigenvalue weighted by atomic mass is 10.1. The predicted molar refractivity (Wildman–Crippen MR) is 76.5 cm³/mol. The van der Waals surface area contributed by atoms with Gasteiger partial charge in [-0.15, -0.1) is 0 Å². The molecule has 0 aliphatic carbocycles. The second-order valence-corrected chi connectivity index (χ2v) is 6.96. The van der Waals surface area contributed by atoms with Gasteiger partial charge in [0.15, 0.2) is 0 Å². The number of sulfonamides is 1. The third kappa shape index (κ3) is 3.78. The molecular weight excluding hydrogens is 280 g/mol. The largest absolute Gasteiger partial charge is 0.478 e. The number of aromatic carboxylic acids is 1. The van der Waals surface area contributed by atoms with Crippen molar-refractivity contribution in [2.24, 2.45) is 0 Å². The summed E-state index contributed by atoms with van der Waals surface area (Å²) in [6.45, 7) is 2.56. The maximum atomic E-state index is 12.3. The molecule has 6 nitrogen and oxygen atoms in total. The van der Waals surface area contributed by atoms with Gasteiger partial charge in [-0.05, 0) is 38.7 Å². The summed E-state index contributed by atoms with van der Waals surface area (Å²) in [5.74, 6) is -1.13. The molecule has 0 fully saturated rings. The lowest BCUT2D eigenvalue weighted by molar-refractivity contribution is 0.0696. The average molecular weight is 300 g/mol. The molecule has 0 saturated heterocycles. The van der Waals surface area contributed by atoms with E-state index in [4.69, 9.17) is 5.11 Å². The third-order valence-electron chi connectivity index (χ3n) is 3.01. The summed E-state index contributed by atoms with van der Waals surface area (Å²) in [5.41, 5.74) is 0.541. The van der Waals surface area contributed by atoms with E-state index in [9.17, 15) is 13.2 Å². The van der Waals surface area contributed by atoms with Gasteiger partial charge in [0.05, 0.1) is 10.5 Å². The zero-order valence-corrected chi connectivity index (χ0v) is 12.9. The average Bonchev–Trinajstić information content (AvgIpc) is 2.35. The Kier molecular flexibility index (Phi) is 5.27. The first-order valence-electron chi connectivity index (χ1n) is 6.11. The molecule has 0 bridgehead atoms. The summed E-state index contributed by atoms with van der Waals surface area (Å²) in [6.07, 6.45) is 0. The molecule has 20 heavy (non-hydrogen) atoms. The van der Waals surface area contributed by atoms with Crippen LogP contribution in [0.1, 0.15) is 15.9 Å². The van der Waals surface area contributed by atoms with Gasteiger partial charge in [0.2, 0.25) is 10.0 Å². The Morgan fingerprint density at radius 2 is 1.80 bits per heavy atom. The minimum Gasteiger partial charge on any atom is -0.478 e. The van der Waals surface area contributed by atoms with Crippen molar-refractivity contribution in [3.63, 3.8) is 0 Å². The molecule has 0 aromatic heterocycles. The molecule has 112 valence electrons. The zero-order chi connectivity index (χ0) is 15.5. The van der Waals surface area contributed by atoms with E-state index in [-0.39, 0.29) is 10.5 Å². The molecule has 1 N–H and O–H groups in total. The Morgan fingerprint density at radius 1 is 1.20 bits per heavy atom. The number of hydrogen-bond donors (Lipinski definition) is 1. The molecular formula is C13H20N2O4S. The molecule has 0 radical (unpaired) electrons. The first-order valence-corrected chi connectivity index (χ1v) is 7.55. The van der Waals surface area contributed by atoms with Crippen LogP contribution in [0.25, 0.3) is 0 Å². The van der Waals surface area contributed by atoms with Crippen molar-refractivity contribution in [3.8, 4) is 0 Å². The van der Waals surface area contributed by atoms with Crippen molar-refractivity contribution in [1.82, 2.24) is 9.21 Å². The molecule has 0 saturated carbocycles. The Morgan fingerprint density at radius 3 is 2.30 bits per heavy atom. The molecule has 0 spiro atoms. The maximum Gasteiger partial charge on any atom is 0.335 e. The Hall–Kier alpha value is -1.44. The fraction of sp³-hybridized carbons (Fsp3) is 0.462. The van der Waals surface area contributed by atoms with E-state index in [1.807, 2.05) is 19.0 Å². The Bertz CT molecular complexity index is 596. The van der Waals surface area contributed by atoms with Crippen LogP contribution in [0.15, 0.2) is 23.1 Å². The van der Waals surface area contributed by atoms with Crippen molar-refractivity contribution in [2.45, 2.75) is 11.8 Å². The summed E-state index contributed by atoms with van der Waals surface area (Å²) in [5, 5.41) is 9.06. The molecule has 1 rings (SSSR count). The fourth-order valence-corrected chi connectivity index (χ4v) is 2.82. The second kappa shape index (κ2) is 6.34. The molecule has 1 aromatic carbocycles. The maximum absolute atomic E-state index is 12.3. The van der Waals surface area contributed by atoms with Crippen LogP contribution >= 0.6 is 0 Å². The summed E-state index contributed by atoms with van der Waals surface area (Å²) in [4.78, 5) is 13.0. The van der Waals surface area contributed by atoms with Crippen molar-refractivity contribution in [1.29, 1.82) is 0 Å². The Balaban J connectivity index is 3.09. The number of hydrogen-bond acceptors (Lipinski definition) is 4. The highest BCUT2D eigenvalue weighted by Crippen LogP contribution is 2.18. The van der Waals surface area contributed by atoms with E-state index < -0.39 is 16.0 Å². The molecule has 0 atom stereocenters. The van der Waals surface area contributed by atoms with Crippen LogP contribution in [0.5, 0.6) is 0 Å². The number of carboxylic acid groups (broad SMARTS) is 1. The van der Waals surface area contributed by atoms with Crippen molar-refractivity contribution in [2.75, 3.05) is 34.2 Å². The summed E-state index contributed by atoms with van der Waals surface area (Å²) in [7, 11) is 1.53. The zero-order valence-electron chi connectivity index (χ0n) is 12.1. The highest BCUT2D eigenvalue weighted by atomic mass is 32.2. The molecule has 7 heteroatoms. The number of likely N-dealkylation sites (N-methyl/N-ethyl adjacent to an activating group) is 2. The quantitative estimate of drug-likeness (QED) is 0.843. The normalized spacial score (nSPS) is 12.1. The fourth-order valence-electron chi connectivity index (χ4n) is 1.63. The van der Waals surface area contributed by atoms with Gasteiger partial charge in [0.25, 0.3) is 0 Å². The third-order valence-corrected chi connectivity index (χ3v) is 4.86. The highest BCUT2D eigenvalue weighted by molar-refractivity contribution is 7.89. The molecule has 0 aliphatic heterocycles. The van der Waals surface area contributed by atoms with Crippen LogP contribution in [0, 0.1) is 6.92 Å². The van der Waals surface area contributed by atoms with E-state index >= 15 is 0 Å². The van der Waals surface area contributed by atoms with E-state index in [1.165, 1.54) is 29.6 Å². The molecule has 0 heterocycles. The number of carboxylic acids is 1. The molecule has 1 aromatic rings. The summed E-state index contributed by atoms with van der Waals surface area (Å²) < 4.78 is 25.9. The van der Waals surface area contributed by atoms with Gasteiger partial charge in [0, 0.05) is 20.1 Å².